The third kappa shape index (κ3) is 3.70. The second-order valence-corrected chi connectivity index (χ2v) is 5.14. The van der Waals surface area contributed by atoms with Crippen molar-refractivity contribution in [3.8, 4) is 0 Å². The SMILES string of the molecule is C[C@@H](NC[C@@H]1CCCOC1)c1ccccc1Cl. The van der Waals surface area contributed by atoms with E-state index in [0.717, 1.165) is 24.8 Å². The summed E-state index contributed by atoms with van der Waals surface area (Å²) < 4.78 is 5.48. The molecule has 1 aromatic carbocycles. The van der Waals surface area contributed by atoms with Crippen LogP contribution in [0, 0.1) is 5.92 Å². The average Bonchev–Trinajstić information content (AvgIpc) is 2.38. The lowest BCUT2D eigenvalue weighted by atomic mass is 10.0. The molecule has 94 valence electrons. The number of nitrogens with one attached hydrogen (secondary N) is 1. The van der Waals surface area contributed by atoms with Crippen LogP contribution in [0.1, 0.15) is 31.4 Å². The van der Waals surface area contributed by atoms with Crippen LogP contribution in [0.3, 0.4) is 0 Å². The standard InChI is InChI=1S/C14H20ClNO/c1-11(13-6-2-3-7-14(13)15)16-9-12-5-4-8-17-10-12/h2-3,6-7,11-12,16H,4-5,8-10H2,1H3/t11-,12+/m1/s1. The summed E-state index contributed by atoms with van der Waals surface area (Å²) in [5.74, 6) is 0.647. The number of halogens is 1. The van der Waals surface area contributed by atoms with Crippen LogP contribution in [0.5, 0.6) is 0 Å². The predicted octanol–water partition coefficient (Wildman–Crippen LogP) is 3.42. The first kappa shape index (κ1) is 12.9. The van der Waals surface area contributed by atoms with Crippen molar-refractivity contribution in [1.82, 2.24) is 5.32 Å². The Morgan fingerprint density at radius 2 is 2.29 bits per heavy atom. The maximum Gasteiger partial charge on any atom is 0.0506 e. The molecule has 1 aliphatic rings. The Hall–Kier alpha value is -0.570. The monoisotopic (exact) mass is 253 g/mol. The van der Waals surface area contributed by atoms with Crippen molar-refractivity contribution in [1.29, 1.82) is 0 Å². The zero-order chi connectivity index (χ0) is 12.1. The molecule has 1 N–H and O–H groups in total. The van der Waals surface area contributed by atoms with Crippen LogP contribution in [0.4, 0.5) is 0 Å². The van der Waals surface area contributed by atoms with Crippen LogP contribution in [0.15, 0.2) is 24.3 Å². The van der Waals surface area contributed by atoms with Crippen molar-refractivity contribution in [3.63, 3.8) is 0 Å². The second kappa shape index (κ2) is 6.39. The summed E-state index contributed by atoms with van der Waals surface area (Å²) in [6.07, 6.45) is 2.45. The van der Waals surface area contributed by atoms with Gasteiger partial charge in [-0.3, -0.25) is 0 Å². The van der Waals surface area contributed by atoms with Gasteiger partial charge in [-0.15, -0.1) is 0 Å². The van der Waals surface area contributed by atoms with Crippen molar-refractivity contribution >= 4 is 11.6 Å². The molecule has 0 spiro atoms. The smallest absolute Gasteiger partial charge is 0.0506 e. The van der Waals surface area contributed by atoms with Crippen molar-refractivity contribution in [3.05, 3.63) is 34.9 Å². The molecule has 0 aromatic heterocycles. The number of benzene rings is 1. The number of hydrogen-bond acceptors (Lipinski definition) is 2. The first-order valence-electron chi connectivity index (χ1n) is 6.33. The van der Waals surface area contributed by atoms with Gasteiger partial charge in [0, 0.05) is 24.2 Å². The van der Waals surface area contributed by atoms with Gasteiger partial charge in [-0.1, -0.05) is 29.8 Å². The Labute approximate surface area is 108 Å². The molecule has 0 bridgehead atoms. The van der Waals surface area contributed by atoms with E-state index >= 15 is 0 Å². The summed E-state index contributed by atoms with van der Waals surface area (Å²) in [4.78, 5) is 0. The normalized spacial score (nSPS) is 22.4. The van der Waals surface area contributed by atoms with E-state index in [1.54, 1.807) is 0 Å². The lowest BCUT2D eigenvalue weighted by Crippen LogP contribution is -2.30. The topological polar surface area (TPSA) is 21.3 Å². The Morgan fingerprint density at radius 3 is 3.00 bits per heavy atom. The summed E-state index contributed by atoms with van der Waals surface area (Å²) in [6, 6.07) is 8.32. The Morgan fingerprint density at radius 1 is 1.47 bits per heavy atom. The van der Waals surface area contributed by atoms with Crippen molar-refractivity contribution in [2.45, 2.75) is 25.8 Å². The van der Waals surface area contributed by atoms with E-state index in [-0.39, 0.29) is 0 Å². The summed E-state index contributed by atoms with van der Waals surface area (Å²) in [5, 5.41) is 4.39. The van der Waals surface area contributed by atoms with Crippen LogP contribution in [0.25, 0.3) is 0 Å². The van der Waals surface area contributed by atoms with Crippen molar-refractivity contribution in [2.24, 2.45) is 5.92 Å². The average molecular weight is 254 g/mol. The molecule has 1 aliphatic heterocycles. The molecule has 0 aliphatic carbocycles. The minimum absolute atomic E-state index is 0.297. The molecule has 2 atom stereocenters. The van der Waals surface area contributed by atoms with E-state index in [0.29, 0.717) is 12.0 Å². The molecule has 2 rings (SSSR count). The lowest BCUT2D eigenvalue weighted by Gasteiger charge is -2.24. The molecule has 2 nitrogen and oxygen atoms in total. The fraction of sp³-hybridized carbons (Fsp3) is 0.571. The van der Waals surface area contributed by atoms with Gasteiger partial charge in [0.1, 0.15) is 0 Å². The van der Waals surface area contributed by atoms with Crippen LogP contribution in [0.2, 0.25) is 5.02 Å². The fourth-order valence-corrected chi connectivity index (χ4v) is 2.55. The molecular weight excluding hydrogens is 234 g/mol. The summed E-state index contributed by atoms with van der Waals surface area (Å²) >= 11 is 6.18. The van der Waals surface area contributed by atoms with E-state index in [2.05, 4.69) is 18.3 Å². The maximum atomic E-state index is 6.18. The summed E-state index contributed by atoms with van der Waals surface area (Å²) in [7, 11) is 0. The molecule has 0 saturated carbocycles. The largest absolute Gasteiger partial charge is 0.381 e. The maximum absolute atomic E-state index is 6.18. The van der Waals surface area contributed by atoms with E-state index in [4.69, 9.17) is 16.3 Å². The minimum Gasteiger partial charge on any atom is -0.381 e. The highest BCUT2D eigenvalue weighted by Crippen LogP contribution is 2.22. The number of rotatable bonds is 4. The van der Waals surface area contributed by atoms with Gasteiger partial charge in [-0.2, -0.15) is 0 Å². The first-order valence-corrected chi connectivity index (χ1v) is 6.70. The van der Waals surface area contributed by atoms with Gasteiger partial charge >= 0.3 is 0 Å². The van der Waals surface area contributed by atoms with Gasteiger partial charge in [0.25, 0.3) is 0 Å². The van der Waals surface area contributed by atoms with Crippen molar-refractivity contribution < 1.29 is 4.74 Å². The molecule has 0 unspecified atom stereocenters. The molecule has 1 saturated heterocycles. The Kier molecular flexibility index (Phi) is 4.84. The Bertz CT molecular complexity index is 350. The van der Waals surface area contributed by atoms with Gasteiger partial charge in [-0.05, 0) is 37.3 Å². The van der Waals surface area contributed by atoms with Gasteiger partial charge in [0.05, 0.1) is 6.61 Å². The molecule has 17 heavy (non-hydrogen) atoms. The zero-order valence-electron chi connectivity index (χ0n) is 10.3. The highest BCUT2D eigenvalue weighted by Gasteiger charge is 2.15. The highest BCUT2D eigenvalue weighted by molar-refractivity contribution is 6.31. The second-order valence-electron chi connectivity index (χ2n) is 4.73. The summed E-state index contributed by atoms with van der Waals surface area (Å²) in [5.41, 5.74) is 1.17. The van der Waals surface area contributed by atoms with E-state index in [1.165, 1.54) is 18.4 Å². The molecule has 1 heterocycles. The van der Waals surface area contributed by atoms with E-state index < -0.39 is 0 Å². The van der Waals surface area contributed by atoms with Gasteiger partial charge in [0.2, 0.25) is 0 Å². The zero-order valence-corrected chi connectivity index (χ0v) is 11.0. The van der Waals surface area contributed by atoms with Gasteiger partial charge < -0.3 is 10.1 Å². The molecule has 3 heteroatoms. The minimum atomic E-state index is 0.297. The van der Waals surface area contributed by atoms with E-state index in [9.17, 15) is 0 Å². The molecule has 0 radical (unpaired) electrons. The lowest BCUT2D eigenvalue weighted by molar-refractivity contribution is 0.0540. The predicted molar refractivity (Wildman–Crippen MR) is 71.4 cm³/mol. The van der Waals surface area contributed by atoms with Gasteiger partial charge in [0.15, 0.2) is 0 Å². The molecular formula is C14H20ClNO. The fourth-order valence-electron chi connectivity index (χ4n) is 2.25. The van der Waals surface area contributed by atoms with Crippen LogP contribution in [-0.4, -0.2) is 19.8 Å². The summed E-state index contributed by atoms with van der Waals surface area (Å²) in [6.45, 7) is 4.98. The number of hydrogen-bond donors (Lipinski definition) is 1. The molecule has 0 amide bonds. The molecule has 1 aromatic rings. The van der Waals surface area contributed by atoms with Crippen molar-refractivity contribution in [2.75, 3.05) is 19.8 Å². The van der Waals surface area contributed by atoms with Crippen LogP contribution >= 0.6 is 11.6 Å². The number of ether oxygens (including phenoxy) is 1. The van der Waals surface area contributed by atoms with E-state index in [1.807, 2.05) is 18.2 Å². The first-order chi connectivity index (χ1) is 8.27. The Balaban J connectivity index is 1.84. The van der Waals surface area contributed by atoms with Crippen LogP contribution in [-0.2, 0) is 4.74 Å². The van der Waals surface area contributed by atoms with Crippen LogP contribution < -0.4 is 5.32 Å². The quantitative estimate of drug-likeness (QED) is 0.888. The third-order valence-electron chi connectivity index (χ3n) is 3.34. The third-order valence-corrected chi connectivity index (χ3v) is 3.68. The highest BCUT2D eigenvalue weighted by atomic mass is 35.5. The van der Waals surface area contributed by atoms with Gasteiger partial charge in [-0.25, -0.2) is 0 Å². The molecule has 1 fully saturated rings.